The molecule has 32 heavy (non-hydrogen) atoms. The van der Waals surface area contributed by atoms with Crippen LogP contribution in [0.4, 0.5) is 27.5 Å². The zero-order chi connectivity index (χ0) is 22.7. The molecule has 4 rings (SSSR count). The van der Waals surface area contributed by atoms with Gasteiger partial charge in [0.1, 0.15) is 0 Å². The van der Waals surface area contributed by atoms with Crippen LogP contribution in [-0.2, 0) is 11.4 Å². The number of aliphatic hydroxyl groups is 1. The van der Waals surface area contributed by atoms with Crippen molar-refractivity contribution in [2.24, 2.45) is 5.73 Å². The van der Waals surface area contributed by atoms with Gasteiger partial charge < -0.3 is 31.3 Å². The minimum Gasteiger partial charge on any atom is -0.392 e. The lowest BCUT2D eigenvalue weighted by atomic mass is 10.1. The van der Waals surface area contributed by atoms with E-state index in [9.17, 15) is 14.3 Å². The van der Waals surface area contributed by atoms with Crippen molar-refractivity contribution in [3.8, 4) is 0 Å². The predicted octanol–water partition coefficient (Wildman–Crippen LogP) is 1.94. The molecular formula is C22H28FN7O2. The number of nitrogens with zero attached hydrogens (tertiary/aromatic N) is 4. The highest BCUT2D eigenvalue weighted by Crippen LogP contribution is 2.29. The van der Waals surface area contributed by atoms with Crippen LogP contribution in [0.2, 0.25) is 0 Å². The van der Waals surface area contributed by atoms with Gasteiger partial charge in [-0.25, -0.2) is 9.37 Å². The van der Waals surface area contributed by atoms with Crippen LogP contribution >= 0.6 is 0 Å². The second-order valence-electron chi connectivity index (χ2n) is 8.11. The molecule has 0 atom stereocenters. The Bertz CT molecular complexity index is 1030. The Labute approximate surface area is 186 Å². The van der Waals surface area contributed by atoms with Crippen LogP contribution in [-0.4, -0.2) is 59.1 Å². The van der Waals surface area contributed by atoms with Gasteiger partial charge in [0.2, 0.25) is 11.9 Å². The molecule has 1 amide bonds. The fraction of sp³-hybridized carbons (Fsp3) is 0.409. The summed E-state index contributed by atoms with van der Waals surface area (Å²) in [7, 11) is 2.10. The number of amides is 1. The number of likely N-dealkylation sites (N-methyl/N-ethyl adjacent to an activating group) is 1. The Balaban J connectivity index is 1.52. The Morgan fingerprint density at radius 2 is 2.00 bits per heavy atom. The van der Waals surface area contributed by atoms with Gasteiger partial charge in [-0.05, 0) is 44.5 Å². The van der Waals surface area contributed by atoms with Gasteiger partial charge in [0.05, 0.1) is 12.8 Å². The second kappa shape index (κ2) is 9.49. The van der Waals surface area contributed by atoms with Crippen molar-refractivity contribution in [3.63, 3.8) is 0 Å². The van der Waals surface area contributed by atoms with Crippen LogP contribution < -0.4 is 21.3 Å². The first-order valence-corrected chi connectivity index (χ1v) is 10.7. The maximum absolute atomic E-state index is 14.3. The van der Waals surface area contributed by atoms with E-state index in [1.807, 2.05) is 18.2 Å². The zero-order valence-electron chi connectivity index (χ0n) is 18.1. The van der Waals surface area contributed by atoms with Crippen molar-refractivity contribution in [2.75, 3.05) is 48.8 Å². The molecule has 0 saturated carbocycles. The summed E-state index contributed by atoms with van der Waals surface area (Å²) >= 11 is 0. The lowest BCUT2D eigenvalue weighted by Gasteiger charge is -2.35. The van der Waals surface area contributed by atoms with Crippen LogP contribution in [0.3, 0.4) is 0 Å². The molecule has 1 aromatic heterocycles. The molecule has 1 fully saturated rings. The number of nitrogens with one attached hydrogen (secondary N) is 2. The number of piperazine rings is 1. The molecule has 2 heterocycles. The van der Waals surface area contributed by atoms with Gasteiger partial charge in [-0.15, -0.1) is 0 Å². The summed E-state index contributed by atoms with van der Waals surface area (Å²) in [5, 5.41) is 15.9. The fourth-order valence-electron chi connectivity index (χ4n) is 4.09. The maximum atomic E-state index is 14.3. The van der Waals surface area contributed by atoms with E-state index in [0.717, 1.165) is 50.0 Å². The molecule has 2 aliphatic rings. The fourth-order valence-corrected chi connectivity index (χ4v) is 4.09. The zero-order valence-corrected chi connectivity index (χ0v) is 18.1. The standard InChI is InChI=1S/C22H28FN7O2/c1-29-7-9-30(10-8-29)19-6-5-15(11-14(19)13-31)26-22-25-12-17(23)21(28-22)27-18-4-2-3-16(18)20(24)32/h5-6,11-12,31H,2-4,7-10,13H2,1H3,(H2,24,32)(H2,25,26,27,28). The van der Waals surface area contributed by atoms with E-state index >= 15 is 0 Å². The monoisotopic (exact) mass is 441 g/mol. The smallest absolute Gasteiger partial charge is 0.246 e. The number of primary amides is 1. The van der Waals surface area contributed by atoms with E-state index in [1.165, 1.54) is 0 Å². The molecule has 1 aliphatic heterocycles. The number of rotatable bonds is 7. The summed E-state index contributed by atoms with van der Waals surface area (Å²) in [4.78, 5) is 24.4. The number of hydrogen-bond acceptors (Lipinski definition) is 8. The number of aliphatic hydroxyl groups excluding tert-OH is 1. The van der Waals surface area contributed by atoms with Crippen LogP contribution in [0.5, 0.6) is 0 Å². The SMILES string of the molecule is CN1CCN(c2ccc(Nc3ncc(F)c(NC4=C(C(N)=O)CCC4)n3)cc2CO)CC1. The molecule has 0 radical (unpaired) electrons. The van der Waals surface area contributed by atoms with Crippen LogP contribution in [0.25, 0.3) is 0 Å². The minimum atomic E-state index is -0.625. The first-order chi connectivity index (χ1) is 15.4. The summed E-state index contributed by atoms with van der Waals surface area (Å²) in [6.45, 7) is 3.64. The number of anilines is 4. The van der Waals surface area contributed by atoms with Gasteiger partial charge in [-0.2, -0.15) is 4.98 Å². The van der Waals surface area contributed by atoms with Gasteiger partial charge in [-0.1, -0.05) is 0 Å². The molecule has 2 aromatic rings. The second-order valence-corrected chi connectivity index (χ2v) is 8.11. The Morgan fingerprint density at radius 3 is 2.72 bits per heavy atom. The van der Waals surface area contributed by atoms with Crippen molar-refractivity contribution in [3.05, 3.63) is 47.0 Å². The third-order valence-electron chi connectivity index (χ3n) is 5.88. The largest absolute Gasteiger partial charge is 0.392 e. The Morgan fingerprint density at radius 1 is 1.22 bits per heavy atom. The number of allylic oxidation sites excluding steroid dienone is 1. The average Bonchev–Trinajstić information content (AvgIpc) is 3.25. The third kappa shape index (κ3) is 4.81. The van der Waals surface area contributed by atoms with Gasteiger partial charge in [0.15, 0.2) is 11.6 Å². The summed E-state index contributed by atoms with van der Waals surface area (Å²) < 4.78 is 14.3. The van der Waals surface area contributed by atoms with E-state index in [-0.39, 0.29) is 18.4 Å². The molecule has 9 nitrogen and oxygen atoms in total. The Hall–Kier alpha value is -3.24. The maximum Gasteiger partial charge on any atom is 0.246 e. The number of carbonyl (C=O) groups is 1. The van der Waals surface area contributed by atoms with Crippen LogP contribution in [0, 0.1) is 5.82 Å². The molecule has 5 N–H and O–H groups in total. The van der Waals surface area contributed by atoms with Gasteiger partial charge in [0.25, 0.3) is 0 Å². The topological polar surface area (TPSA) is 120 Å². The van der Waals surface area contributed by atoms with Crippen molar-refractivity contribution in [1.82, 2.24) is 14.9 Å². The van der Waals surface area contributed by atoms with E-state index < -0.39 is 11.7 Å². The van der Waals surface area contributed by atoms with Crippen molar-refractivity contribution < 1.29 is 14.3 Å². The molecule has 0 bridgehead atoms. The molecular weight excluding hydrogens is 413 g/mol. The van der Waals surface area contributed by atoms with Crippen molar-refractivity contribution in [2.45, 2.75) is 25.9 Å². The highest BCUT2D eigenvalue weighted by atomic mass is 19.1. The molecule has 170 valence electrons. The van der Waals surface area contributed by atoms with E-state index in [0.29, 0.717) is 29.8 Å². The van der Waals surface area contributed by atoms with Gasteiger partial charge in [-0.3, -0.25) is 4.79 Å². The summed E-state index contributed by atoms with van der Waals surface area (Å²) in [5.74, 6) is -0.950. The highest BCUT2D eigenvalue weighted by Gasteiger charge is 2.21. The van der Waals surface area contributed by atoms with Crippen molar-refractivity contribution >= 4 is 29.0 Å². The van der Waals surface area contributed by atoms with Crippen LogP contribution in [0.1, 0.15) is 24.8 Å². The highest BCUT2D eigenvalue weighted by molar-refractivity contribution is 5.93. The molecule has 1 saturated heterocycles. The quantitative estimate of drug-likeness (QED) is 0.515. The molecule has 0 spiro atoms. The number of carbonyl (C=O) groups excluding carboxylic acids is 1. The summed E-state index contributed by atoms with van der Waals surface area (Å²) in [6.07, 6.45) is 3.03. The number of benzene rings is 1. The predicted molar refractivity (Wildman–Crippen MR) is 121 cm³/mol. The molecule has 10 heteroatoms. The van der Waals surface area contributed by atoms with Gasteiger partial charge in [0, 0.05) is 54.4 Å². The van der Waals surface area contributed by atoms with Crippen LogP contribution in [0.15, 0.2) is 35.7 Å². The summed E-state index contributed by atoms with van der Waals surface area (Å²) in [6, 6.07) is 5.69. The Kier molecular flexibility index (Phi) is 6.52. The summed E-state index contributed by atoms with van der Waals surface area (Å²) in [5.41, 5.74) is 8.96. The number of nitrogens with two attached hydrogens (primary N) is 1. The normalized spacial score (nSPS) is 17.0. The lowest BCUT2D eigenvalue weighted by molar-refractivity contribution is -0.114. The molecule has 0 unspecified atom stereocenters. The van der Waals surface area contributed by atoms with Crippen molar-refractivity contribution in [1.29, 1.82) is 0 Å². The first-order valence-electron chi connectivity index (χ1n) is 10.7. The van der Waals surface area contributed by atoms with E-state index in [1.54, 1.807) is 0 Å². The van der Waals surface area contributed by atoms with E-state index in [4.69, 9.17) is 5.73 Å². The van der Waals surface area contributed by atoms with E-state index in [2.05, 4.69) is 37.4 Å². The third-order valence-corrected chi connectivity index (χ3v) is 5.88. The van der Waals surface area contributed by atoms with Gasteiger partial charge >= 0.3 is 0 Å². The lowest BCUT2D eigenvalue weighted by Crippen LogP contribution is -2.44. The number of halogens is 1. The molecule has 1 aliphatic carbocycles. The number of hydrogen-bond donors (Lipinski definition) is 4. The first kappa shape index (κ1) is 22.0. The number of aromatic nitrogens is 2. The average molecular weight is 442 g/mol. The minimum absolute atomic E-state index is 0.0189. The molecule has 1 aromatic carbocycles.